The lowest BCUT2D eigenvalue weighted by Crippen LogP contribution is -2.19. The highest BCUT2D eigenvalue weighted by atomic mass is 15.1. The molecule has 1 aromatic rings. The number of hydrogen-bond acceptors (Lipinski definition) is 4. The molecule has 14 heavy (non-hydrogen) atoms. The maximum Gasteiger partial charge on any atom is 0.221 e. The van der Waals surface area contributed by atoms with Crippen LogP contribution < -0.4 is 11.1 Å². The Kier molecular flexibility index (Phi) is 3.68. The molecular formula is C10H18N4. The van der Waals surface area contributed by atoms with Crippen molar-refractivity contribution in [2.45, 2.75) is 39.7 Å². The Morgan fingerprint density at radius 1 is 1.43 bits per heavy atom. The maximum absolute atomic E-state index is 5.52. The van der Waals surface area contributed by atoms with Crippen molar-refractivity contribution in [3.05, 3.63) is 11.8 Å². The zero-order chi connectivity index (χ0) is 10.6. The number of anilines is 2. The molecule has 1 aromatic heterocycles. The SMILES string of the molecule is CCC(CC)Nc1nc(N)ncc1C. The summed E-state index contributed by atoms with van der Waals surface area (Å²) in [7, 11) is 0. The molecule has 0 amide bonds. The summed E-state index contributed by atoms with van der Waals surface area (Å²) in [4.78, 5) is 8.09. The first kappa shape index (κ1) is 10.8. The molecule has 1 heterocycles. The van der Waals surface area contributed by atoms with Crippen LogP contribution in [0.4, 0.5) is 11.8 Å². The quantitative estimate of drug-likeness (QED) is 0.769. The van der Waals surface area contributed by atoms with Crippen LogP contribution in [0.5, 0.6) is 0 Å². The highest BCUT2D eigenvalue weighted by Gasteiger charge is 2.06. The molecule has 4 heteroatoms. The molecular weight excluding hydrogens is 176 g/mol. The number of nitrogens with two attached hydrogens (primary N) is 1. The number of aromatic nitrogens is 2. The van der Waals surface area contributed by atoms with Gasteiger partial charge in [0.25, 0.3) is 0 Å². The second-order valence-corrected chi connectivity index (χ2v) is 3.42. The fraction of sp³-hybridized carbons (Fsp3) is 0.600. The Bertz CT molecular complexity index is 294. The summed E-state index contributed by atoms with van der Waals surface area (Å²) in [5.41, 5.74) is 6.56. The number of nitrogen functional groups attached to an aromatic ring is 1. The Balaban J connectivity index is 2.79. The lowest BCUT2D eigenvalue weighted by Gasteiger charge is -2.16. The van der Waals surface area contributed by atoms with E-state index in [4.69, 9.17) is 5.73 Å². The van der Waals surface area contributed by atoms with Crippen molar-refractivity contribution in [2.75, 3.05) is 11.1 Å². The lowest BCUT2D eigenvalue weighted by atomic mass is 10.1. The molecule has 0 saturated heterocycles. The van der Waals surface area contributed by atoms with Gasteiger partial charge in [-0.25, -0.2) is 4.98 Å². The van der Waals surface area contributed by atoms with E-state index >= 15 is 0 Å². The van der Waals surface area contributed by atoms with E-state index < -0.39 is 0 Å². The van der Waals surface area contributed by atoms with Gasteiger partial charge >= 0.3 is 0 Å². The minimum absolute atomic E-state index is 0.323. The maximum atomic E-state index is 5.52. The van der Waals surface area contributed by atoms with Crippen LogP contribution in [0.25, 0.3) is 0 Å². The Morgan fingerprint density at radius 2 is 2.07 bits per heavy atom. The van der Waals surface area contributed by atoms with Crippen LogP contribution in [-0.2, 0) is 0 Å². The zero-order valence-electron chi connectivity index (χ0n) is 9.04. The zero-order valence-corrected chi connectivity index (χ0v) is 9.04. The molecule has 0 unspecified atom stereocenters. The predicted octanol–water partition coefficient (Wildman–Crippen LogP) is 1.97. The van der Waals surface area contributed by atoms with Gasteiger partial charge in [0.05, 0.1) is 0 Å². The molecule has 3 N–H and O–H groups in total. The van der Waals surface area contributed by atoms with E-state index in [1.54, 1.807) is 6.20 Å². The van der Waals surface area contributed by atoms with E-state index in [0.717, 1.165) is 24.2 Å². The van der Waals surface area contributed by atoms with E-state index in [0.29, 0.717) is 12.0 Å². The molecule has 0 aromatic carbocycles. The van der Waals surface area contributed by atoms with Crippen molar-refractivity contribution >= 4 is 11.8 Å². The van der Waals surface area contributed by atoms with Gasteiger partial charge in [-0.1, -0.05) is 13.8 Å². The summed E-state index contributed by atoms with van der Waals surface area (Å²) in [5, 5.41) is 3.36. The predicted molar refractivity (Wildman–Crippen MR) is 59.2 cm³/mol. The fourth-order valence-corrected chi connectivity index (χ4v) is 1.29. The van der Waals surface area contributed by atoms with Crippen molar-refractivity contribution in [1.82, 2.24) is 9.97 Å². The molecule has 4 nitrogen and oxygen atoms in total. The molecule has 0 spiro atoms. The second-order valence-electron chi connectivity index (χ2n) is 3.42. The first-order chi connectivity index (χ1) is 6.67. The van der Waals surface area contributed by atoms with Crippen LogP contribution in [0, 0.1) is 6.92 Å². The number of rotatable bonds is 4. The monoisotopic (exact) mass is 194 g/mol. The first-order valence-electron chi connectivity index (χ1n) is 5.03. The third kappa shape index (κ3) is 2.58. The molecule has 0 saturated carbocycles. The molecule has 0 bridgehead atoms. The van der Waals surface area contributed by atoms with Gasteiger partial charge in [0.2, 0.25) is 5.95 Å². The van der Waals surface area contributed by atoms with Crippen molar-refractivity contribution in [3.8, 4) is 0 Å². The summed E-state index contributed by atoms with van der Waals surface area (Å²) in [6.45, 7) is 6.28. The van der Waals surface area contributed by atoms with Gasteiger partial charge in [0.15, 0.2) is 0 Å². The molecule has 0 aliphatic carbocycles. The highest BCUT2D eigenvalue weighted by Crippen LogP contribution is 2.14. The van der Waals surface area contributed by atoms with Crippen LogP contribution in [0.15, 0.2) is 6.20 Å². The average Bonchev–Trinajstić information content (AvgIpc) is 2.19. The molecule has 0 aliphatic rings. The van der Waals surface area contributed by atoms with Crippen LogP contribution >= 0.6 is 0 Å². The normalized spacial score (nSPS) is 10.6. The van der Waals surface area contributed by atoms with Gasteiger partial charge in [0.1, 0.15) is 5.82 Å². The molecule has 0 atom stereocenters. The number of aryl methyl sites for hydroxylation is 1. The minimum atomic E-state index is 0.323. The van der Waals surface area contributed by atoms with E-state index in [-0.39, 0.29) is 0 Å². The van der Waals surface area contributed by atoms with E-state index in [1.165, 1.54) is 0 Å². The standard InChI is InChI=1S/C10H18N4/c1-4-8(5-2)13-9-7(3)6-12-10(11)14-9/h6,8H,4-5H2,1-3H3,(H3,11,12,13,14). The third-order valence-corrected chi connectivity index (χ3v) is 2.32. The van der Waals surface area contributed by atoms with E-state index in [1.807, 2.05) is 6.92 Å². The Labute approximate surface area is 85.0 Å². The minimum Gasteiger partial charge on any atom is -0.368 e. The highest BCUT2D eigenvalue weighted by molar-refractivity contribution is 5.45. The van der Waals surface area contributed by atoms with Crippen LogP contribution in [-0.4, -0.2) is 16.0 Å². The third-order valence-electron chi connectivity index (χ3n) is 2.32. The first-order valence-corrected chi connectivity index (χ1v) is 5.03. The van der Waals surface area contributed by atoms with E-state index in [9.17, 15) is 0 Å². The molecule has 1 rings (SSSR count). The van der Waals surface area contributed by atoms with Crippen molar-refractivity contribution in [3.63, 3.8) is 0 Å². The molecule has 0 aliphatic heterocycles. The summed E-state index contributed by atoms with van der Waals surface area (Å²) in [5.74, 6) is 1.18. The fourth-order valence-electron chi connectivity index (χ4n) is 1.29. The smallest absolute Gasteiger partial charge is 0.221 e. The van der Waals surface area contributed by atoms with Crippen LogP contribution in [0.2, 0.25) is 0 Å². The number of hydrogen-bond donors (Lipinski definition) is 2. The largest absolute Gasteiger partial charge is 0.368 e. The van der Waals surface area contributed by atoms with Crippen molar-refractivity contribution in [2.24, 2.45) is 0 Å². The Morgan fingerprint density at radius 3 is 2.64 bits per heavy atom. The van der Waals surface area contributed by atoms with Gasteiger partial charge in [-0.3, -0.25) is 0 Å². The van der Waals surface area contributed by atoms with Crippen molar-refractivity contribution < 1.29 is 0 Å². The lowest BCUT2D eigenvalue weighted by molar-refractivity contribution is 0.667. The van der Waals surface area contributed by atoms with Gasteiger partial charge in [-0.05, 0) is 19.8 Å². The van der Waals surface area contributed by atoms with E-state index in [2.05, 4.69) is 29.1 Å². The summed E-state index contributed by atoms with van der Waals surface area (Å²) in [6.07, 6.45) is 3.91. The van der Waals surface area contributed by atoms with Crippen LogP contribution in [0.3, 0.4) is 0 Å². The Hall–Kier alpha value is -1.32. The molecule has 0 radical (unpaired) electrons. The average molecular weight is 194 g/mol. The summed E-state index contributed by atoms with van der Waals surface area (Å²) in [6, 6.07) is 0.461. The molecule has 78 valence electrons. The second kappa shape index (κ2) is 4.79. The number of nitrogens with one attached hydrogen (secondary N) is 1. The van der Waals surface area contributed by atoms with Gasteiger partial charge in [-0.15, -0.1) is 0 Å². The van der Waals surface area contributed by atoms with Crippen LogP contribution in [0.1, 0.15) is 32.3 Å². The number of nitrogens with zero attached hydrogens (tertiary/aromatic N) is 2. The topological polar surface area (TPSA) is 63.8 Å². The van der Waals surface area contributed by atoms with Gasteiger partial charge in [0, 0.05) is 17.8 Å². The summed E-state index contributed by atoms with van der Waals surface area (Å²) >= 11 is 0. The van der Waals surface area contributed by atoms with Gasteiger partial charge < -0.3 is 11.1 Å². The van der Waals surface area contributed by atoms with Crippen molar-refractivity contribution in [1.29, 1.82) is 0 Å². The molecule has 0 fully saturated rings. The summed E-state index contributed by atoms with van der Waals surface area (Å²) < 4.78 is 0. The van der Waals surface area contributed by atoms with Gasteiger partial charge in [-0.2, -0.15) is 4.98 Å².